The molecular weight excluding hydrogens is 264 g/mol. The maximum atomic E-state index is 5.83. The summed E-state index contributed by atoms with van der Waals surface area (Å²) in [5, 5.41) is 0. The lowest BCUT2D eigenvalue weighted by atomic mass is 9.73. The number of fused-ring (bicyclic) bond motifs is 1. The first-order valence-corrected chi connectivity index (χ1v) is 8.03. The van der Waals surface area contributed by atoms with Crippen LogP contribution in [0.2, 0.25) is 0 Å². The van der Waals surface area contributed by atoms with E-state index in [1.54, 1.807) is 0 Å². The van der Waals surface area contributed by atoms with Crippen molar-refractivity contribution in [2.45, 2.75) is 52.2 Å². The molecular formula is C18H26O3. The average molecular weight is 290 g/mol. The summed E-state index contributed by atoms with van der Waals surface area (Å²) in [6.45, 7) is 9.25. The maximum Gasteiger partial charge on any atom is 0.158 e. The van der Waals surface area contributed by atoms with Gasteiger partial charge in [0.25, 0.3) is 0 Å². The van der Waals surface area contributed by atoms with Gasteiger partial charge in [-0.25, -0.2) is 0 Å². The number of aryl methyl sites for hydroxylation is 1. The Kier molecular flexibility index (Phi) is 4.23. The highest BCUT2D eigenvalue weighted by molar-refractivity contribution is 5.42. The van der Waals surface area contributed by atoms with E-state index in [0.29, 0.717) is 5.92 Å². The molecule has 1 atom stereocenters. The molecule has 0 radical (unpaired) electrons. The Labute approximate surface area is 127 Å². The topological polar surface area (TPSA) is 27.7 Å². The van der Waals surface area contributed by atoms with Crippen LogP contribution in [-0.2, 0) is 15.9 Å². The largest absolute Gasteiger partial charge is 0.493 e. The minimum Gasteiger partial charge on any atom is -0.493 e. The fourth-order valence-electron chi connectivity index (χ4n) is 3.36. The Balaban J connectivity index is 1.75. The third-order valence-electron chi connectivity index (χ3n) is 4.52. The lowest BCUT2D eigenvalue weighted by molar-refractivity contribution is -0.0462. The van der Waals surface area contributed by atoms with Crippen LogP contribution in [0.5, 0.6) is 5.75 Å². The molecule has 0 N–H and O–H groups in total. The van der Waals surface area contributed by atoms with E-state index in [2.05, 4.69) is 39.0 Å². The van der Waals surface area contributed by atoms with Gasteiger partial charge in [-0.05, 0) is 41.4 Å². The molecule has 0 spiro atoms. The smallest absolute Gasteiger partial charge is 0.158 e. The first-order valence-electron chi connectivity index (χ1n) is 8.03. The van der Waals surface area contributed by atoms with E-state index in [4.69, 9.17) is 14.2 Å². The van der Waals surface area contributed by atoms with E-state index in [1.165, 1.54) is 11.1 Å². The molecule has 2 aliphatic heterocycles. The molecule has 0 saturated carbocycles. The molecule has 0 aromatic heterocycles. The highest BCUT2D eigenvalue weighted by Crippen LogP contribution is 2.44. The molecule has 1 fully saturated rings. The molecule has 1 aromatic carbocycles. The zero-order valence-corrected chi connectivity index (χ0v) is 13.4. The van der Waals surface area contributed by atoms with Gasteiger partial charge in [0.1, 0.15) is 5.75 Å². The summed E-state index contributed by atoms with van der Waals surface area (Å²) in [5.74, 6) is 1.64. The molecule has 0 aliphatic carbocycles. The summed E-state index contributed by atoms with van der Waals surface area (Å²) in [4.78, 5) is 0. The van der Waals surface area contributed by atoms with Gasteiger partial charge in [-0.3, -0.25) is 0 Å². The van der Waals surface area contributed by atoms with Gasteiger partial charge >= 0.3 is 0 Å². The van der Waals surface area contributed by atoms with Crippen LogP contribution in [0.25, 0.3) is 0 Å². The molecule has 2 heterocycles. The SMILES string of the molecule is CC(C)(C)C1CCOc2ccc(CCC3OCCO3)cc21. The predicted molar refractivity (Wildman–Crippen MR) is 82.8 cm³/mol. The number of benzene rings is 1. The molecule has 1 aromatic rings. The van der Waals surface area contributed by atoms with Crippen molar-refractivity contribution in [1.82, 2.24) is 0 Å². The number of ether oxygens (including phenoxy) is 3. The van der Waals surface area contributed by atoms with E-state index in [-0.39, 0.29) is 11.7 Å². The van der Waals surface area contributed by atoms with Crippen molar-refractivity contribution < 1.29 is 14.2 Å². The molecule has 3 heteroatoms. The maximum absolute atomic E-state index is 5.83. The Bertz CT molecular complexity index is 484. The van der Waals surface area contributed by atoms with Gasteiger partial charge in [-0.15, -0.1) is 0 Å². The Morgan fingerprint density at radius 3 is 2.57 bits per heavy atom. The zero-order chi connectivity index (χ0) is 14.9. The fraction of sp³-hybridized carbons (Fsp3) is 0.667. The fourth-order valence-corrected chi connectivity index (χ4v) is 3.36. The van der Waals surface area contributed by atoms with E-state index in [9.17, 15) is 0 Å². The van der Waals surface area contributed by atoms with E-state index in [1.807, 2.05) is 0 Å². The van der Waals surface area contributed by atoms with Gasteiger partial charge in [0, 0.05) is 6.42 Å². The van der Waals surface area contributed by atoms with Crippen molar-refractivity contribution >= 4 is 0 Å². The highest BCUT2D eigenvalue weighted by atomic mass is 16.7. The van der Waals surface area contributed by atoms with Gasteiger partial charge in [-0.1, -0.05) is 32.9 Å². The van der Waals surface area contributed by atoms with Crippen LogP contribution in [0.15, 0.2) is 18.2 Å². The van der Waals surface area contributed by atoms with Crippen molar-refractivity contribution in [2.75, 3.05) is 19.8 Å². The molecule has 21 heavy (non-hydrogen) atoms. The molecule has 2 aliphatic rings. The van der Waals surface area contributed by atoms with Crippen molar-refractivity contribution in [3.63, 3.8) is 0 Å². The van der Waals surface area contributed by atoms with Gasteiger partial charge in [-0.2, -0.15) is 0 Å². The van der Waals surface area contributed by atoms with Gasteiger partial charge in [0.15, 0.2) is 6.29 Å². The lowest BCUT2D eigenvalue weighted by Gasteiger charge is -2.36. The second-order valence-corrected chi connectivity index (χ2v) is 7.14. The van der Waals surface area contributed by atoms with Crippen LogP contribution in [0.1, 0.15) is 50.7 Å². The number of hydrogen-bond donors (Lipinski definition) is 0. The molecule has 3 rings (SSSR count). The first kappa shape index (κ1) is 14.9. The predicted octanol–water partition coefficient (Wildman–Crippen LogP) is 3.90. The van der Waals surface area contributed by atoms with Crippen molar-refractivity contribution in [2.24, 2.45) is 5.41 Å². The van der Waals surface area contributed by atoms with E-state index >= 15 is 0 Å². The summed E-state index contributed by atoms with van der Waals surface area (Å²) in [6, 6.07) is 6.65. The summed E-state index contributed by atoms with van der Waals surface area (Å²) in [7, 11) is 0. The number of rotatable bonds is 3. The normalized spacial score (nSPS) is 22.9. The highest BCUT2D eigenvalue weighted by Gasteiger charge is 2.31. The van der Waals surface area contributed by atoms with Crippen molar-refractivity contribution in [1.29, 1.82) is 0 Å². The monoisotopic (exact) mass is 290 g/mol. The van der Waals surface area contributed by atoms with Crippen LogP contribution < -0.4 is 4.74 Å². The number of hydrogen-bond acceptors (Lipinski definition) is 3. The Hall–Kier alpha value is -1.06. The van der Waals surface area contributed by atoms with Crippen LogP contribution in [0.4, 0.5) is 0 Å². The van der Waals surface area contributed by atoms with E-state index in [0.717, 1.165) is 44.8 Å². The van der Waals surface area contributed by atoms with Gasteiger partial charge < -0.3 is 14.2 Å². The van der Waals surface area contributed by atoms with Crippen LogP contribution in [0.3, 0.4) is 0 Å². The molecule has 3 nitrogen and oxygen atoms in total. The van der Waals surface area contributed by atoms with Crippen LogP contribution >= 0.6 is 0 Å². The Morgan fingerprint density at radius 2 is 1.86 bits per heavy atom. The Morgan fingerprint density at radius 1 is 1.10 bits per heavy atom. The average Bonchev–Trinajstić information content (AvgIpc) is 2.96. The van der Waals surface area contributed by atoms with Crippen molar-refractivity contribution in [3.8, 4) is 5.75 Å². The van der Waals surface area contributed by atoms with Crippen LogP contribution in [-0.4, -0.2) is 26.1 Å². The van der Waals surface area contributed by atoms with Crippen LogP contribution in [0, 0.1) is 5.41 Å². The van der Waals surface area contributed by atoms with Crippen molar-refractivity contribution in [3.05, 3.63) is 29.3 Å². The standard InChI is InChI=1S/C18H26O3/c1-18(2,3)15-8-9-19-16-6-4-13(12-14(15)16)5-7-17-20-10-11-21-17/h4,6,12,15,17H,5,7-11H2,1-3H3. The third-order valence-corrected chi connectivity index (χ3v) is 4.52. The molecule has 1 unspecified atom stereocenters. The minimum atomic E-state index is -0.0179. The second kappa shape index (κ2) is 5.98. The third kappa shape index (κ3) is 3.41. The summed E-state index contributed by atoms with van der Waals surface area (Å²) < 4.78 is 16.9. The first-order chi connectivity index (χ1) is 10.0. The van der Waals surface area contributed by atoms with Gasteiger partial charge in [0.05, 0.1) is 19.8 Å². The zero-order valence-electron chi connectivity index (χ0n) is 13.4. The second-order valence-electron chi connectivity index (χ2n) is 7.14. The lowest BCUT2D eigenvalue weighted by Crippen LogP contribution is -2.25. The quantitative estimate of drug-likeness (QED) is 0.845. The molecule has 116 valence electrons. The minimum absolute atomic E-state index is 0.0179. The summed E-state index contributed by atoms with van der Waals surface area (Å²) >= 11 is 0. The van der Waals surface area contributed by atoms with Gasteiger partial charge in [0.2, 0.25) is 0 Å². The molecule has 0 bridgehead atoms. The summed E-state index contributed by atoms with van der Waals surface area (Å²) in [5.41, 5.74) is 3.00. The molecule has 1 saturated heterocycles. The van der Waals surface area contributed by atoms with E-state index < -0.39 is 0 Å². The summed E-state index contributed by atoms with van der Waals surface area (Å²) in [6.07, 6.45) is 3.01. The molecule has 0 amide bonds.